The molecule has 1 amide bonds. The van der Waals surface area contributed by atoms with E-state index in [1.165, 1.54) is 0 Å². The minimum Gasteiger partial charge on any atom is -0.481 e. The van der Waals surface area contributed by atoms with Gasteiger partial charge < -0.3 is 14.9 Å². The highest BCUT2D eigenvalue weighted by Gasteiger charge is 2.27. The fourth-order valence-corrected chi connectivity index (χ4v) is 2.92. The third-order valence-electron chi connectivity index (χ3n) is 4.37. The van der Waals surface area contributed by atoms with Gasteiger partial charge in [-0.05, 0) is 51.0 Å². The number of rotatable bonds is 5. The van der Waals surface area contributed by atoms with Crippen LogP contribution in [0, 0.1) is 5.92 Å². The molecule has 5 nitrogen and oxygen atoms in total. The van der Waals surface area contributed by atoms with E-state index in [0.29, 0.717) is 31.5 Å². The monoisotopic (exact) mass is 304 g/mol. The Labute approximate surface area is 131 Å². The van der Waals surface area contributed by atoms with Crippen molar-refractivity contribution in [3.63, 3.8) is 0 Å². The summed E-state index contributed by atoms with van der Waals surface area (Å²) in [5.41, 5.74) is 1.79. The molecule has 0 bridgehead atoms. The molecule has 1 N–H and O–H groups in total. The van der Waals surface area contributed by atoms with Crippen LogP contribution in [0.2, 0.25) is 0 Å². The van der Waals surface area contributed by atoms with E-state index in [-0.39, 0.29) is 11.8 Å². The summed E-state index contributed by atoms with van der Waals surface area (Å²) >= 11 is 0. The average molecular weight is 304 g/mol. The second-order valence-electron chi connectivity index (χ2n) is 5.62. The van der Waals surface area contributed by atoms with Crippen molar-refractivity contribution in [2.75, 3.05) is 31.1 Å². The van der Waals surface area contributed by atoms with E-state index in [4.69, 9.17) is 5.11 Å². The summed E-state index contributed by atoms with van der Waals surface area (Å²) in [5, 5.41) is 9.00. The smallest absolute Gasteiger partial charge is 0.306 e. The molecule has 120 valence electrons. The van der Waals surface area contributed by atoms with Crippen molar-refractivity contribution in [1.82, 2.24) is 4.90 Å². The summed E-state index contributed by atoms with van der Waals surface area (Å²) in [6.07, 6.45) is 1.08. The lowest BCUT2D eigenvalue weighted by Gasteiger charge is -2.30. The maximum atomic E-state index is 12.5. The van der Waals surface area contributed by atoms with Gasteiger partial charge in [0.05, 0.1) is 5.92 Å². The van der Waals surface area contributed by atoms with Crippen molar-refractivity contribution in [3.05, 3.63) is 29.8 Å². The first kappa shape index (κ1) is 16.3. The molecule has 0 aliphatic carbocycles. The quantitative estimate of drug-likeness (QED) is 0.908. The molecule has 22 heavy (non-hydrogen) atoms. The van der Waals surface area contributed by atoms with Crippen LogP contribution in [0.5, 0.6) is 0 Å². The zero-order valence-corrected chi connectivity index (χ0v) is 13.3. The van der Waals surface area contributed by atoms with Gasteiger partial charge >= 0.3 is 5.97 Å². The van der Waals surface area contributed by atoms with Crippen LogP contribution in [0.4, 0.5) is 5.69 Å². The molecular formula is C17H24N2O3. The first-order valence-corrected chi connectivity index (χ1v) is 7.93. The van der Waals surface area contributed by atoms with Crippen LogP contribution in [-0.4, -0.2) is 48.1 Å². The van der Waals surface area contributed by atoms with Gasteiger partial charge in [-0.15, -0.1) is 0 Å². The summed E-state index contributed by atoms with van der Waals surface area (Å²) in [6, 6.07) is 7.67. The van der Waals surface area contributed by atoms with Crippen molar-refractivity contribution in [2.45, 2.75) is 26.7 Å². The minimum absolute atomic E-state index is 0.00469. The number of carboxylic acid groups (broad SMARTS) is 1. The van der Waals surface area contributed by atoms with E-state index in [2.05, 4.69) is 18.7 Å². The third-order valence-corrected chi connectivity index (χ3v) is 4.37. The molecule has 1 saturated heterocycles. The largest absolute Gasteiger partial charge is 0.481 e. The molecule has 1 aliphatic heterocycles. The highest BCUT2D eigenvalue weighted by Crippen LogP contribution is 2.21. The molecule has 0 saturated carbocycles. The number of piperidine rings is 1. The van der Waals surface area contributed by atoms with Crippen molar-refractivity contribution < 1.29 is 14.7 Å². The Bertz CT molecular complexity index is 515. The van der Waals surface area contributed by atoms with Crippen LogP contribution in [0.3, 0.4) is 0 Å². The Morgan fingerprint density at radius 1 is 1.14 bits per heavy atom. The summed E-state index contributed by atoms with van der Waals surface area (Å²) < 4.78 is 0. The summed E-state index contributed by atoms with van der Waals surface area (Å²) in [7, 11) is 0. The highest BCUT2D eigenvalue weighted by molar-refractivity contribution is 5.94. The number of carbonyl (C=O) groups is 2. The van der Waals surface area contributed by atoms with Gasteiger partial charge in [-0.2, -0.15) is 0 Å². The lowest BCUT2D eigenvalue weighted by atomic mass is 9.96. The molecule has 0 unspecified atom stereocenters. The number of benzene rings is 1. The number of hydrogen-bond acceptors (Lipinski definition) is 3. The molecule has 0 spiro atoms. The van der Waals surface area contributed by atoms with E-state index < -0.39 is 5.97 Å². The molecule has 0 atom stereocenters. The number of aliphatic carboxylic acids is 1. The van der Waals surface area contributed by atoms with Gasteiger partial charge in [0.25, 0.3) is 5.91 Å². The standard InChI is InChI=1S/C17H24N2O3/c1-3-18(4-2)15-7-5-13(6-8-15)16(20)19-11-9-14(10-12-19)17(21)22/h5-8,14H,3-4,9-12H2,1-2H3,(H,21,22). The second kappa shape index (κ2) is 7.29. The zero-order valence-electron chi connectivity index (χ0n) is 13.3. The number of amides is 1. The maximum Gasteiger partial charge on any atom is 0.306 e. The molecule has 0 aromatic heterocycles. The van der Waals surface area contributed by atoms with Gasteiger partial charge in [-0.1, -0.05) is 0 Å². The number of carbonyl (C=O) groups excluding carboxylic acids is 1. The minimum atomic E-state index is -0.754. The molecule has 1 aliphatic rings. The summed E-state index contributed by atoms with van der Waals surface area (Å²) in [5.74, 6) is -1.07. The van der Waals surface area contributed by atoms with Gasteiger partial charge in [-0.25, -0.2) is 0 Å². The first-order chi connectivity index (χ1) is 10.6. The van der Waals surface area contributed by atoms with Crippen LogP contribution in [0.25, 0.3) is 0 Å². The molecule has 1 fully saturated rings. The van der Waals surface area contributed by atoms with Crippen molar-refractivity contribution in [1.29, 1.82) is 0 Å². The lowest BCUT2D eigenvalue weighted by molar-refractivity contribution is -0.143. The molecular weight excluding hydrogens is 280 g/mol. The van der Waals surface area contributed by atoms with Gasteiger partial charge in [0.2, 0.25) is 0 Å². The number of hydrogen-bond donors (Lipinski definition) is 1. The van der Waals surface area contributed by atoms with Gasteiger partial charge in [0.1, 0.15) is 0 Å². The van der Waals surface area contributed by atoms with Gasteiger partial charge in [0, 0.05) is 37.4 Å². The van der Waals surface area contributed by atoms with E-state index in [1.54, 1.807) is 4.90 Å². The predicted octanol–water partition coefficient (Wildman–Crippen LogP) is 2.47. The number of nitrogens with zero attached hydrogens (tertiary/aromatic N) is 2. The third kappa shape index (κ3) is 3.59. The molecule has 5 heteroatoms. The number of anilines is 1. The second-order valence-corrected chi connectivity index (χ2v) is 5.62. The van der Waals surface area contributed by atoms with E-state index in [9.17, 15) is 9.59 Å². The van der Waals surface area contributed by atoms with Crippen LogP contribution in [0.15, 0.2) is 24.3 Å². The summed E-state index contributed by atoms with van der Waals surface area (Å²) in [4.78, 5) is 27.4. The Hall–Kier alpha value is -2.04. The molecule has 1 aromatic carbocycles. The fraction of sp³-hybridized carbons (Fsp3) is 0.529. The first-order valence-electron chi connectivity index (χ1n) is 7.93. The fourth-order valence-electron chi connectivity index (χ4n) is 2.92. The van der Waals surface area contributed by atoms with Crippen molar-refractivity contribution >= 4 is 17.6 Å². The number of carboxylic acids is 1. The van der Waals surface area contributed by atoms with Crippen LogP contribution in [0.1, 0.15) is 37.0 Å². The normalized spacial score (nSPS) is 15.6. The molecule has 1 aromatic rings. The van der Waals surface area contributed by atoms with Gasteiger partial charge in [0.15, 0.2) is 0 Å². The Morgan fingerprint density at radius 2 is 1.68 bits per heavy atom. The van der Waals surface area contributed by atoms with E-state index in [0.717, 1.165) is 18.8 Å². The van der Waals surface area contributed by atoms with E-state index >= 15 is 0 Å². The maximum absolute atomic E-state index is 12.5. The topological polar surface area (TPSA) is 60.9 Å². The number of likely N-dealkylation sites (tertiary alicyclic amines) is 1. The molecule has 1 heterocycles. The molecule has 2 rings (SSSR count). The average Bonchev–Trinajstić information content (AvgIpc) is 2.56. The van der Waals surface area contributed by atoms with Crippen LogP contribution >= 0.6 is 0 Å². The van der Waals surface area contributed by atoms with Crippen LogP contribution < -0.4 is 4.90 Å². The van der Waals surface area contributed by atoms with Crippen molar-refractivity contribution in [3.8, 4) is 0 Å². The Morgan fingerprint density at radius 3 is 2.14 bits per heavy atom. The van der Waals surface area contributed by atoms with Crippen LogP contribution in [-0.2, 0) is 4.79 Å². The van der Waals surface area contributed by atoms with Crippen molar-refractivity contribution in [2.24, 2.45) is 5.92 Å². The van der Waals surface area contributed by atoms with E-state index in [1.807, 2.05) is 24.3 Å². The Kier molecular flexibility index (Phi) is 5.41. The van der Waals surface area contributed by atoms with Gasteiger partial charge in [-0.3, -0.25) is 9.59 Å². The zero-order chi connectivity index (χ0) is 16.1. The summed E-state index contributed by atoms with van der Waals surface area (Å²) in [6.45, 7) is 7.13. The highest BCUT2D eigenvalue weighted by atomic mass is 16.4. The molecule has 0 radical (unpaired) electrons. The Balaban J connectivity index is 2.00. The lowest BCUT2D eigenvalue weighted by Crippen LogP contribution is -2.40. The SMILES string of the molecule is CCN(CC)c1ccc(C(=O)N2CCC(C(=O)O)CC2)cc1. The predicted molar refractivity (Wildman–Crippen MR) is 86.3 cm³/mol.